The van der Waals surface area contributed by atoms with E-state index in [4.69, 9.17) is 16.3 Å². The van der Waals surface area contributed by atoms with Gasteiger partial charge in [-0.2, -0.15) is 0 Å². The van der Waals surface area contributed by atoms with E-state index in [-0.39, 0.29) is 17.9 Å². The molecule has 2 aliphatic rings. The Hall–Kier alpha value is -2.68. The van der Waals surface area contributed by atoms with Gasteiger partial charge in [-0.1, -0.05) is 23.7 Å². The van der Waals surface area contributed by atoms with Crippen molar-refractivity contribution in [3.63, 3.8) is 0 Å². The van der Waals surface area contributed by atoms with Crippen molar-refractivity contribution >= 4 is 29.1 Å². The number of aromatic nitrogens is 2. The first-order chi connectivity index (χ1) is 14.1. The third kappa shape index (κ3) is 4.50. The predicted octanol–water partition coefficient (Wildman–Crippen LogP) is 1.68. The Kier molecular flexibility index (Phi) is 5.94. The molecule has 0 spiro atoms. The van der Waals surface area contributed by atoms with Gasteiger partial charge in [0.1, 0.15) is 11.5 Å². The molecule has 0 radical (unpaired) electrons. The number of nitrogens with zero attached hydrogens (tertiary/aromatic N) is 3. The Morgan fingerprint density at radius 2 is 2.17 bits per heavy atom. The third-order valence-corrected chi connectivity index (χ3v) is 5.27. The lowest BCUT2D eigenvalue weighted by Gasteiger charge is -2.28. The molecule has 1 fully saturated rings. The average Bonchev–Trinajstić information content (AvgIpc) is 3.18. The van der Waals surface area contributed by atoms with E-state index in [0.29, 0.717) is 55.0 Å². The van der Waals surface area contributed by atoms with Gasteiger partial charge < -0.3 is 24.8 Å². The molecule has 2 aromatic rings. The number of ether oxygens (including phenoxy) is 1. The van der Waals surface area contributed by atoms with Gasteiger partial charge in [-0.25, -0.2) is 4.98 Å². The highest BCUT2D eigenvalue weighted by atomic mass is 35.5. The summed E-state index contributed by atoms with van der Waals surface area (Å²) in [6, 6.07) is 7.06. The van der Waals surface area contributed by atoms with Crippen molar-refractivity contribution in [2.24, 2.45) is 0 Å². The van der Waals surface area contributed by atoms with E-state index in [1.807, 2.05) is 4.57 Å². The van der Waals surface area contributed by atoms with Gasteiger partial charge in [0.15, 0.2) is 0 Å². The summed E-state index contributed by atoms with van der Waals surface area (Å²) in [6.07, 6.45) is 4.80. The molecule has 2 N–H and O–H groups in total. The van der Waals surface area contributed by atoms with Crippen LogP contribution in [0.15, 0.2) is 42.6 Å². The molecular weight excluding hydrogens is 394 g/mol. The van der Waals surface area contributed by atoms with E-state index in [0.717, 1.165) is 6.54 Å². The normalized spacial score (nSPS) is 19.2. The number of imidazole rings is 1. The van der Waals surface area contributed by atoms with Crippen molar-refractivity contribution in [2.75, 3.05) is 31.6 Å². The quantitative estimate of drug-likeness (QED) is 0.742. The van der Waals surface area contributed by atoms with Gasteiger partial charge in [-0.05, 0) is 18.2 Å². The summed E-state index contributed by atoms with van der Waals surface area (Å²) in [5, 5.41) is 6.51. The number of carbonyl (C=O) groups is 2. The Labute approximate surface area is 173 Å². The summed E-state index contributed by atoms with van der Waals surface area (Å²) >= 11 is 6.11. The summed E-state index contributed by atoms with van der Waals surface area (Å²) in [7, 11) is 0. The van der Waals surface area contributed by atoms with Gasteiger partial charge in [-0.15, -0.1) is 0 Å². The van der Waals surface area contributed by atoms with Crippen molar-refractivity contribution < 1.29 is 14.3 Å². The highest BCUT2D eigenvalue weighted by molar-refractivity contribution is 6.33. The van der Waals surface area contributed by atoms with Crippen LogP contribution in [0.4, 0.5) is 5.69 Å². The lowest BCUT2D eigenvalue weighted by molar-refractivity contribution is -0.127. The Morgan fingerprint density at radius 3 is 2.97 bits per heavy atom. The topological polar surface area (TPSA) is 88.5 Å². The molecule has 1 saturated heterocycles. The molecule has 1 atom stereocenters. The second-order valence-electron chi connectivity index (χ2n) is 6.88. The maximum Gasteiger partial charge on any atom is 0.273 e. The molecular formula is C20H22ClN5O3. The summed E-state index contributed by atoms with van der Waals surface area (Å²) in [4.78, 5) is 31.2. The van der Waals surface area contributed by atoms with Gasteiger partial charge in [0, 0.05) is 32.3 Å². The molecule has 1 aromatic heterocycles. The molecule has 0 saturated carbocycles. The molecule has 1 aromatic carbocycles. The molecule has 0 bridgehead atoms. The van der Waals surface area contributed by atoms with E-state index in [1.54, 1.807) is 41.3 Å². The maximum absolute atomic E-state index is 12.7. The first kappa shape index (κ1) is 19.6. The van der Waals surface area contributed by atoms with Crippen LogP contribution in [0.2, 0.25) is 5.02 Å². The summed E-state index contributed by atoms with van der Waals surface area (Å²) in [5.41, 5.74) is 0.996. The van der Waals surface area contributed by atoms with E-state index in [1.165, 1.54) is 6.20 Å². The van der Waals surface area contributed by atoms with Crippen LogP contribution in [0.1, 0.15) is 16.3 Å². The lowest BCUT2D eigenvalue weighted by Crippen LogP contribution is -2.39. The molecule has 9 heteroatoms. The van der Waals surface area contributed by atoms with E-state index in [2.05, 4.69) is 15.6 Å². The SMILES string of the molecule is O=C(Nc1ccccc1Cl)c1cnc2n1CCN(C(=O)/C=C/[C@H]1CNCCO1)C2. The number of morpholine rings is 1. The number of hydrogen-bond acceptors (Lipinski definition) is 5. The van der Waals surface area contributed by atoms with Crippen LogP contribution in [0.5, 0.6) is 0 Å². The summed E-state index contributed by atoms with van der Waals surface area (Å²) in [5.74, 6) is 0.312. The van der Waals surface area contributed by atoms with Crippen LogP contribution in [0, 0.1) is 0 Å². The van der Waals surface area contributed by atoms with Gasteiger partial charge in [0.25, 0.3) is 5.91 Å². The van der Waals surface area contributed by atoms with Crippen molar-refractivity contribution in [1.29, 1.82) is 0 Å². The molecule has 4 rings (SSSR count). The number of amides is 2. The van der Waals surface area contributed by atoms with Crippen molar-refractivity contribution in [3.8, 4) is 0 Å². The number of rotatable bonds is 4. The fourth-order valence-corrected chi connectivity index (χ4v) is 3.57. The number of fused-ring (bicyclic) bond motifs is 1. The fourth-order valence-electron chi connectivity index (χ4n) is 3.38. The zero-order chi connectivity index (χ0) is 20.2. The molecule has 0 unspecified atom stereocenters. The third-order valence-electron chi connectivity index (χ3n) is 4.94. The fraction of sp³-hybridized carbons (Fsp3) is 0.350. The van der Waals surface area contributed by atoms with Crippen LogP contribution >= 0.6 is 11.6 Å². The average molecular weight is 416 g/mol. The number of hydrogen-bond donors (Lipinski definition) is 2. The second-order valence-corrected chi connectivity index (χ2v) is 7.28. The number of anilines is 1. The molecule has 2 amide bonds. The minimum atomic E-state index is -0.279. The van der Waals surface area contributed by atoms with Gasteiger partial charge in [0.05, 0.1) is 36.2 Å². The smallest absolute Gasteiger partial charge is 0.273 e. The molecule has 152 valence electrons. The number of nitrogens with one attached hydrogen (secondary N) is 2. The molecule has 29 heavy (non-hydrogen) atoms. The molecule has 8 nitrogen and oxygen atoms in total. The lowest BCUT2D eigenvalue weighted by atomic mass is 10.2. The highest BCUT2D eigenvalue weighted by Gasteiger charge is 2.25. The first-order valence-corrected chi connectivity index (χ1v) is 9.89. The number of carbonyl (C=O) groups excluding carboxylic acids is 2. The summed E-state index contributed by atoms with van der Waals surface area (Å²) < 4.78 is 7.41. The van der Waals surface area contributed by atoms with Crippen LogP contribution in [-0.2, 0) is 22.6 Å². The van der Waals surface area contributed by atoms with Crippen molar-refractivity contribution in [1.82, 2.24) is 19.8 Å². The molecule has 2 aliphatic heterocycles. The van der Waals surface area contributed by atoms with Crippen LogP contribution in [0.3, 0.4) is 0 Å². The number of benzene rings is 1. The molecule has 3 heterocycles. The largest absolute Gasteiger partial charge is 0.371 e. The van der Waals surface area contributed by atoms with Crippen molar-refractivity contribution in [3.05, 3.63) is 59.2 Å². The molecule has 0 aliphatic carbocycles. The van der Waals surface area contributed by atoms with E-state index in [9.17, 15) is 9.59 Å². The zero-order valence-corrected chi connectivity index (χ0v) is 16.6. The van der Waals surface area contributed by atoms with Gasteiger partial charge in [0.2, 0.25) is 5.91 Å². The minimum absolute atomic E-state index is 0.0837. The number of para-hydroxylation sites is 1. The minimum Gasteiger partial charge on any atom is -0.371 e. The van der Waals surface area contributed by atoms with E-state index >= 15 is 0 Å². The van der Waals surface area contributed by atoms with Crippen molar-refractivity contribution in [2.45, 2.75) is 19.2 Å². The zero-order valence-electron chi connectivity index (χ0n) is 15.8. The summed E-state index contributed by atoms with van der Waals surface area (Å²) in [6.45, 7) is 3.54. The van der Waals surface area contributed by atoms with Gasteiger partial charge >= 0.3 is 0 Å². The predicted molar refractivity (Wildman–Crippen MR) is 109 cm³/mol. The second kappa shape index (κ2) is 8.77. The van der Waals surface area contributed by atoms with Crippen LogP contribution in [-0.4, -0.2) is 58.6 Å². The highest BCUT2D eigenvalue weighted by Crippen LogP contribution is 2.22. The Balaban J connectivity index is 1.40. The standard InChI is InChI=1S/C20H22ClN5O3/c21-15-3-1-2-4-16(15)24-20(28)17-12-23-18-13-25(8-9-26(17)18)19(27)6-5-14-11-22-7-10-29-14/h1-6,12,14,22H,7-11,13H2,(H,24,28)/b6-5+/t14-/m0/s1. The first-order valence-electron chi connectivity index (χ1n) is 9.51. The maximum atomic E-state index is 12.7. The Morgan fingerprint density at radius 1 is 1.31 bits per heavy atom. The van der Waals surface area contributed by atoms with Crippen LogP contribution < -0.4 is 10.6 Å². The Bertz CT molecular complexity index is 936. The van der Waals surface area contributed by atoms with E-state index < -0.39 is 0 Å². The monoisotopic (exact) mass is 415 g/mol. The van der Waals surface area contributed by atoms with Gasteiger partial charge in [-0.3, -0.25) is 9.59 Å². The van der Waals surface area contributed by atoms with Crippen LogP contribution in [0.25, 0.3) is 0 Å². The number of halogens is 1.